The summed E-state index contributed by atoms with van der Waals surface area (Å²) in [4.78, 5) is 4.47. The highest BCUT2D eigenvalue weighted by atomic mass is 35.5. The van der Waals surface area contributed by atoms with Gasteiger partial charge in [-0.25, -0.2) is 17.8 Å². The highest BCUT2D eigenvalue weighted by Gasteiger charge is 2.31. The highest BCUT2D eigenvalue weighted by molar-refractivity contribution is 7.89. The molecule has 29 heavy (non-hydrogen) atoms. The first-order chi connectivity index (χ1) is 13.9. The van der Waals surface area contributed by atoms with Gasteiger partial charge < -0.3 is 9.47 Å². The van der Waals surface area contributed by atoms with Gasteiger partial charge >= 0.3 is 0 Å². The number of piperidine rings is 1. The third-order valence-corrected chi connectivity index (χ3v) is 7.88. The van der Waals surface area contributed by atoms with Crippen LogP contribution in [0.1, 0.15) is 12.8 Å². The summed E-state index contributed by atoms with van der Waals surface area (Å²) in [5.74, 6) is 0.0833. The van der Waals surface area contributed by atoms with Crippen molar-refractivity contribution < 1.29 is 22.3 Å². The smallest absolute Gasteiger partial charge is 0.274 e. The second-order valence-corrected chi connectivity index (χ2v) is 9.95. The molecule has 0 saturated carbocycles. The van der Waals surface area contributed by atoms with Crippen molar-refractivity contribution in [1.82, 2.24) is 9.29 Å². The molecule has 0 bridgehead atoms. The van der Waals surface area contributed by atoms with Crippen molar-refractivity contribution in [3.63, 3.8) is 0 Å². The largest absolute Gasteiger partial charge is 0.497 e. The number of aromatic nitrogens is 1. The zero-order valence-electron chi connectivity index (χ0n) is 15.5. The molecule has 0 spiro atoms. The fourth-order valence-electron chi connectivity index (χ4n) is 3.18. The van der Waals surface area contributed by atoms with Gasteiger partial charge in [0.15, 0.2) is 0 Å². The van der Waals surface area contributed by atoms with E-state index < -0.39 is 15.8 Å². The number of halogens is 2. The van der Waals surface area contributed by atoms with Gasteiger partial charge in [-0.3, -0.25) is 0 Å². The molecule has 10 heteroatoms. The van der Waals surface area contributed by atoms with Crippen molar-refractivity contribution in [2.45, 2.75) is 23.8 Å². The third kappa shape index (κ3) is 4.18. The van der Waals surface area contributed by atoms with Crippen LogP contribution in [-0.4, -0.2) is 44.0 Å². The molecule has 1 aliphatic heterocycles. The molecule has 1 aromatic heterocycles. The molecule has 0 aliphatic carbocycles. The second-order valence-electron chi connectivity index (χ2n) is 6.61. The number of nitrogens with zero attached hydrogens (tertiary/aromatic N) is 2. The van der Waals surface area contributed by atoms with Gasteiger partial charge in [-0.15, -0.1) is 0 Å². The lowest BCUT2D eigenvalue weighted by atomic mass is 10.1. The van der Waals surface area contributed by atoms with E-state index in [0.29, 0.717) is 31.1 Å². The van der Waals surface area contributed by atoms with Crippen LogP contribution in [0.3, 0.4) is 0 Å². The van der Waals surface area contributed by atoms with Gasteiger partial charge in [0.25, 0.3) is 5.19 Å². The van der Waals surface area contributed by atoms with E-state index in [-0.39, 0.29) is 16.0 Å². The Morgan fingerprint density at radius 1 is 1.21 bits per heavy atom. The van der Waals surface area contributed by atoms with Crippen LogP contribution in [-0.2, 0) is 10.0 Å². The quantitative estimate of drug-likeness (QED) is 0.571. The number of methoxy groups -OCH3 is 1. The molecule has 1 aliphatic rings. The fraction of sp³-hybridized carbons (Fsp3) is 0.316. The molecule has 0 N–H and O–H groups in total. The summed E-state index contributed by atoms with van der Waals surface area (Å²) in [6, 6.07) is 9.09. The number of fused-ring (bicyclic) bond motifs is 1. The minimum Gasteiger partial charge on any atom is -0.497 e. The number of ether oxygens (including phenoxy) is 2. The zero-order chi connectivity index (χ0) is 20.6. The zero-order valence-corrected chi connectivity index (χ0v) is 17.9. The molecule has 6 nitrogen and oxygen atoms in total. The monoisotopic (exact) mass is 456 g/mol. The van der Waals surface area contributed by atoms with Crippen molar-refractivity contribution in [3.8, 4) is 10.9 Å². The van der Waals surface area contributed by atoms with E-state index in [2.05, 4.69) is 4.98 Å². The minimum absolute atomic E-state index is 0.0108. The molecule has 154 valence electrons. The van der Waals surface area contributed by atoms with E-state index in [9.17, 15) is 12.8 Å². The standard InChI is InChI=1S/C19H18ClFN2O4S2/c1-26-13-2-5-18-17(10-13)22-19(28-18)27-12-6-8-23(9-7-12)29(24,25)14-3-4-16(21)15(20)11-14/h2-5,10-12H,6-9H2,1H3. The Bertz CT molecular complexity index is 1140. The Kier molecular flexibility index (Phi) is 5.65. The van der Waals surface area contributed by atoms with Crippen LogP contribution in [0, 0.1) is 5.82 Å². The first kappa shape index (κ1) is 20.3. The van der Waals surface area contributed by atoms with Crippen molar-refractivity contribution in [2.24, 2.45) is 0 Å². The summed E-state index contributed by atoms with van der Waals surface area (Å²) in [5, 5.41) is 0.344. The van der Waals surface area contributed by atoms with Crippen molar-refractivity contribution in [1.29, 1.82) is 0 Å². The first-order valence-corrected chi connectivity index (χ1v) is 11.6. The molecule has 0 radical (unpaired) electrons. The van der Waals surface area contributed by atoms with Gasteiger partial charge in [0.2, 0.25) is 10.0 Å². The van der Waals surface area contributed by atoms with Gasteiger partial charge in [-0.05, 0) is 43.2 Å². The predicted molar refractivity (Wildman–Crippen MR) is 110 cm³/mol. The Morgan fingerprint density at radius 2 is 1.97 bits per heavy atom. The summed E-state index contributed by atoms with van der Waals surface area (Å²) in [5.41, 5.74) is 0.803. The number of hydrogen-bond acceptors (Lipinski definition) is 6. The Hall–Kier alpha value is -1.94. The molecule has 0 unspecified atom stereocenters. The topological polar surface area (TPSA) is 68.7 Å². The number of thiazole rings is 1. The van der Waals surface area contributed by atoms with Crippen LogP contribution in [0.15, 0.2) is 41.3 Å². The maximum atomic E-state index is 13.3. The maximum Gasteiger partial charge on any atom is 0.274 e. The molecule has 2 aromatic carbocycles. The van der Waals surface area contributed by atoms with Crippen LogP contribution >= 0.6 is 22.9 Å². The number of hydrogen-bond donors (Lipinski definition) is 0. The van der Waals surface area contributed by atoms with E-state index in [1.165, 1.54) is 21.7 Å². The SMILES string of the molecule is COc1ccc2sc(OC3CCN(S(=O)(=O)c4ccc(F)c(Cl)c4)CC3)nc2c1. The first-order valence-electron chi connectivity index (χ1n) is 8.93. The third-order valence-electron chi connectivity index (χ3n) is 4.77. The van der Waals surface area contributed by atoms with E-state index in [1.807, 2.05) is 18.2 Å². The summed E-state index contributed by atoms with van der Waals surface area (Å²) < 4.78 is 52.5. The molecule has 0 amide bonds. The predicted octanol–water partition coefficient (Wildman–Crippen LogP) is 4.33. The van der Waals surface area contributed by atoms with E-state index >= 15 is 0 Å². The van der Waals surface area contributed by atoms with Gasteiger partial charge in [-0.1, -0.05) is 22.9 Å². The van der Waals surface area contributed by atoms with Crippen LogP contribution in [0.5, 0.6) is 10.9 Å². The Labute approximate surface area is 176 Å². The number of benzene rings is 2. The maximum absolute atomic E-state index is 13.3. The van der Waals surface area contributed by atoms with Gasteiger partial charge in [0, 0.05) is 19.2 Å². The van der Waals surface area contributed by atoms with Crippen molar-refractivity contribution >= 4 is 43.2 Å². The van der Waals surface area contributed by atoms with Gasteiger partial charge in [0.05, 0.1) is 27.2 Å². The Balaban J connectivity index is 1.42. The van der Waals surface area contributed by atoms with Gasteiger partial charge in [0.1, 0.15) is 17.7 Å². The number of sulfonamides is 1. The normalized spacial score (nSPS) is 16.2. The summed E-state index contributed by atoms with van der Waals surface area (Å²) in [6.07, 6.45) is 0.946. The van der Waals surface area contributed by atoms with Crippen molar-refractivity contribution in [2.75, 3.05) is 20.2 Å². The molecule has 3 aromatic rings. The molecule has 2 heterocycles. The summed E-state index contributed by atoms with van der Waals surface area (Å²) in [6.45, 7) is 0.613. The molecular weight excluding hydrogens is 439 g/mol. The van der Waals surface area contributed by atoms with E-state index in [1.54, 1.807) is 7.11 Å². The lowest BCUT2D eigenvalue weighted by Gasteiger charge is -2.30. The average molecular weight is 457 g/mol. The second kappa shape index (κ2) is 8.06. The fourth-order valence-corrected chi connectivity index (χ4v) is 5.79. The van der Waals surface area contributed by atoms with Crippen LogP contribution < -0.4 is 9.47 Å². The molecule has 1 fully saturated rings. The minimum atomic E-state index is -3.73. The molecule has 1 saturated heterocycles. The molecule has 0 atom stereocenters. The lowest BCUT2D eigenvalue weighted by Crippen LogP contribution is -2.41. The Morgan fingerprint density at radius 3 is 2.66 bits per heavy atom. The average Bonchev–Trinajstić information content (AvgIpc) is 3.11. The highest BCUT2D eigenvalue weighted by Crippen LogP contribution is 2.32. The number of rotatable bonds is 5. The van der Waals surface area contributed by atoms with E-state index in [4.69, 9.17) is 21.1 Å². The van der Waals surface area contributed by atoms with Crippen LogP contribution in [0.2, 0.25) is 5.02 Å². The molecular formula is C19H18ClFN2O4S2. The summed E-state index contributed by atoms with van der Waals surface area (Å²) in [7, 11) is -2.12. The van der Waals surface area contributed by atoms with Crippen LogP contribution in [0.4, 0.5) is 4.39 Å². The summed E-state index contributed by atoms with van der Waals surface area (Å²) >= 11 is 7.18. The van der Waals surface area contributed by atoms with Crippen molar-refractivity contribution in [3.05, 3.63) is 47.2 Å². The van der Waals surface area contributed by atoms with E-state index in [0.717, 1.165) is 28.1 Å². The van der Waals surface area contributed by atoms with Gasteiger partial charge in [-0.2, -0.15) is 4.31 Å². The lowest BCUT2D eigenvalue weighted by molar-refractivity contribution is 0.135. The van der Waals surface area contributed by atoms with Crippen LogP contribution in [0.25, 0.3) is 10.2 Å². The molecule has 4 rings (SSSR count).